The van der Waals surface area contributed by atoms with Gasteiger partial charge in [-0.15, -0.1) is 21.5 Å². The second-order valence-corrected chi connectivity index (χ2v) is 14.9. The molecular formula is C34H46N10O5S. The number of nitrogens with one attached hydrogen (secondary N) is 2. The number of thiazole rings is 1. The van der Waals surface area contributed by atoms with Crippen molar-refractivity contribution in [3.05, 3.63) is 52.8 Å². The third-order valence-electron chi connectivity index (χ3n) is 9.19. The molecule has 2 aromatic heterocycles. The number of anilines is 2. The zero-order chi connectivity index (χ0) is 36.3. The number of aryl methyl sites for hydroxylation is 1. The smallest absolute Gasteiger partial charge is 0.269 e. The number of carbonyl (C=O) groups excluding carboxylic acids is 4. The van der Waals surface area contributed by atoms with Gasteiger partial charge in [0, 0.05) is 39.1 Å². The van der Waals surface area contributed by atoms with Crippen molar-refractivity contribution in [1.29, 1.82) is 0 Å². The molecule has 0 bridgehead atoms. The fourth-order valence-corrected chi connectivity index (χ4v) is 7.15. The quantitative estimate of drug-likeness (QED) is 0.201. The normalized spacial score (nSPS) is 19.6. The molecule has 4 atom stereocenters. The fourth-order valence-electron chi connectivity index (χ4n) is 6.34. The minimum Gasteiger partial charge on any atom is -0.391 e. The van der Waals surface area contributed by atoms with E-state index in [1.54, 1.807) is 11.3 Å². The Labute approximate surface area is 295 Å². The highest BCUT2D eigenvalue weighted by Gasteiger charge is 2.44. The standard InChI is InChI=1S/C34H46N10O5S/c1-19(21-6-8-22(9-7-21)28-20(2)37-18-50-28)38-32(48)26-14-23(45)16-44(26)33(49)29(34(3,4)5)39-27(46)17-42-10-12-43(13-11-42)25-15-24(31(36)47)40-41-30(25)35/h6-9,15,18-19,23,26,29,45H,10-14,16-17H2,1-5H3,(H2,35,41)(H2,36,47)(H,38,48)(H,39,46)/t19-,23+,26-,29?/m0/s1. The lowest BCUT2D eigenvalue weighted by atomic mass is 9.85. The number of likely N-dealkylation sites (tertiary alicyclic amines) is 1. The van der Waals surface area contributed by atoms with Gasteiger partial charge in [-0.25, -0.2) is 4.98 Å². The van der Waals surface area contributed by atoms with Gasteiger partial charge in [-0.2, -0.15) is 0 Å². The van der Waals surface area contributed by atoms with E-state index >= 15 is 0 Å². The average molecular weight is 707 g/mol. The number of rotatable bonds is 10. The summed E-state index contributed by atoms with van der Waals surface area (Å²) in [5, 5.41) is 24.1. The van der Waals surface area contributed by atoms with Crippen LogP contribution >= 0.6 is 11.3 Å². The molecule has 50 heavy (non-hydrogen) atoms. The van der Waals surface area contributed by atoms with Gasteiger partial charge in [0.15, 0.2) is 11.5 Å². The molecule has 5 rings (SSSR count). The van der Waals surface area contributed by atoms with Crippen LogP contribution in [0.3, 0.4) is 0 Å². The molecule has 1 aromatic carbocycles. The Morgan fingerprint density at radius 2 is 1.74 bits per heavy atom. The molecule has 7 N–H and O–H groups in total. The van der Waals surface area contributed by atoms with E-state index in [-0.39, 0.29) is 48.9 Å². The highest BCUT2D eigenvalue weighted by atomic mass is 32.1. The molecule has 4 amide bonds. The fraction of sp³-hybridized carbons (Fsp3) is 0.500. The Kier molecular flexibility index (Phi) is 11.0. The molecule has 2 fully saturated rings. The first kappa shape index (κ1) is 36.6. The third kappa shape index (κ3) is 8.37. The maximum atomic E-state index is 14.1. The van der Waals surface area contributed by atoms with Crippen molar-refractivity contribution in [1.82, 2.24) is 35.6 Å². The number of nitrogens with zero attached hydrogens (tertiary/aromatic N) is 6. The van der Waals surface area contributed by atoms with Gasteiger partial charge in [-0.1, -0.05) is 45.0 Å². The molecule has 0 radical (unpaired) electrons. The summed E-state index contributed by atoms with van der Waals surface area (Å²) in [5.41, 5.74) is 16.0. The molecule has 4 heterocycles. The monoisotopic (exact) mass is 706 g/mol. The van der Waals surface area contributed by atoms with Gasteiger partial charge in [-0.3, -0.25) is 24.1 Å². The maximum Gasteiger partial charge on any atom is 0.269 e. The van der Waals surface area contributed by atoms with Crippen LogP contribution in [0.15, 0.2) is 35.8 Å². The van der Waals surface area contributed by atoms with Crippen molar-refractivity contribution >= 4 is 46.5 Å². The summed E-state index contributed by atoms with van der Waals surface area (Å²) in [6.07, 6.45) is -0.773. The minimum absolute atomic E-state index is 0.0108. The molecule has 2 aliphatic rings. The first-order valence-corrected chi connectivity index (χ1v) is 17.5. The number of nitrogens with two attached hydrogens (primary N) is 2. The third-order valence-corrected chi connectivity index (χ3v) is 10.2. The maximum absolute atomic E-state index is 14.1. The molecule has 0 aliphatic carbocycles. The lowest BCUT2D eigenvalue weighted by Gasteiger charge is -2.38. The van der Waals surface area contributed by atoms with Gasteiger partial charge in [0.1, 0.15) is 12.1 Å². The van der Waals surface area contributed by atoms with E-state index in [2.05, 4.69) is 25.8 Å². The number of amides is 4. The number of benzene rings is 1. The van der Waals surface area contributed by atoms with E-state index in [4.69, 9.17) is 11.5 Å². The van der Waals surface area contributed by atoms with E-state index in [0.29, 0.717) is 31.9 Å². The summed E-state index contributed by atoms with van der Waals surface area (Å²) in [4.78, 5) is 63.3. The first-order valence-electron chi connectivity index (χ1n) is 16.6. The number of β-amino-alcohol motifs (C(OH)–C–C–N with tert-alkyl or cyclic N) is 1. The summed E-state index contributed by atoms with van der Waals surface area (Å²) in [6, 6.07) is 7.26. The van der Waals surface area contributed by atoms with Gasteiger partial charge < -0.3 is 37.0 Å². The van der Waals surface area contributed by atoms with Gasteiger partial charge in [0.2, 0.25) is 17.7 Å². The van der Waals surface area contributed by atoms with Crippen LogP contribution in [0.1, 0.15) is 61.9 Å². The molecule has 16 heteroatoms. The number of hydrogen-bond acceptors (Lipinski definition) is 12. The van der Waals surface area contributed by atoms with E-state index in [1.807, 2.05) is 74.2 Å². The van der Waals surface area contributed by atoms with Gasteiger partial charge in [-0.05, 0) is 36.5 Å². The molecule has 2 aliphatic heterocycles. The summed E-state index contributed by atoms with van der Waals surface area (Å²) in [7, 11) is 0. The van der Waals surface area contributed by atoms with Gasteiger partial charge in [0.05, 0.1) is 40.5 Å². The van der Waals surface area contributed by atoms with Gasteiger partial charge in [0.25, 0.3) is 5.91 Å². The zero-order valence-electron chi connectivity index (χ0n) is 29.0. The molecule has 0 spiro atoms. The number of hydrogen-bond donors (Lipinski definition) is 5. The highest BCUT2D eigenvalue weighted by molar-refractivity contribution is 7.13. The van der Waals surface area contributed by atoms with Crippen LogP contribution in [0.5, 0.6) is 0 Å². The summed E-state index contributed by atoms with van der Waals surface area (Å²) in [5.74, 6) is -1.65. The molecule has 15 nitrogen and oxygen atoms in total. The van der Waals surface area contributed by atoms with Crippen LogP contribution in [-0.4, -0.2) is 111 Å². The largest absolute Gasteiger partial charge is 0.391 e. The predicted molar refractivity (Wildman–Crippen MR) is 190 cm³/mol. The Morgan fingerprint density at radius 1 is 1.06 bits per heavy atom. The summed E-state index contributed by atoms with van der Waals surface area (Å²) < 4.78 is 0. The van der Waals surface area contributed by atoms with E-state index in [1.165, 1.54) is 11.0 Å². The molecule has 0 saturated carbocycles. The number of carbonyl (C=O) groups is 4. The van der Waals surface area contributed by atoms with Crippen molar-refractivity contribution < 1.29 is 24.3 Å². The van der Waals surface area contributed by atoms with Crippen molar-refractivity contribution in [3.8, 4) is 10.4 Å². The second-order valence-electron chi connectivity index (χ2n) is 14.0. The molecule has 3 aromatic rings. The van der Waals surface area contributed by atoms with Crippen LogP contribution in [0.25, 0.3) is 10.4 Å². The Morgan fingerprint density at radius 3 is 2.34 bits per heavy atom. The SMILES string of the molecule is Cc1ncsc1-c1ccc([C@H](C)NC(=O)[C@@H]2C[C@@H](O)CN2C(=O)C(NC(=O)CN2CCN(c3cc(C(N)=O)nnc3N)CC2)C(C)(C)C)cc1. The number of piperazine rings is 1. The van der Waals surface area contributed by atoms with E-state index < -0.39 is 35.4 Å². The van der Waals surface area contributed by atoms with Crippen molar-refractivity contribution in [2.45, 2.75) is 65.3 Å². The minimum atomic E-state index is -0.938. The van der Waals surface area contributed by atoms with Crippen molar-refractivity contribution in [3.63, 3.8) is 0 Å². The molecule has 268 valence electrons. The molecule has 2 saturated heterocycles. The van der Waals surface area contributed by atoms with E-state index in [0.717, 1.165) is 21.7 Å². The Hall–Kier alpha value is -4.67. The lowest BCUT2D eigenvalue weighted by molar-refractivity contribution is -0.144. The second kappa shape index (κ2) is 15.1. The van der Waals surface area contributed by atoms with Crippen molar-refractivity contribution in [2.75, 3.05) is 49.9 Å². The van der Waals surface area contributed by atoms with Crippen LogP contribution in [0.2, 0.25) is 0 Å². The van der Waals surface area contributed by atoms with E-state index in [9.17, 15) is 24.3 Å². The van der Waals surface area contributed by atoms with Crippen LogP contribution in [-0.2, 0) is 14.4 Å². The average Bonchev–Trinajstić information content (AvgIpc) is 3.68. The number of aliphatic hydroxyl groups is 1. The Balaban J connectivity index is 1.19. The van der Waals surface area contributed by atoms with Crippen LogP contribution in [0.4, 0.5) is 11.5 Å². The Bertz CT molecular complexity index is 1720. The highest BCUT2D eigenvalue weighted by Crippen LogP contribution is 2.30. The lowest BCUT2D eigenvalue weighted by Crippen LogP contribution is -2.59. The number of nitrogen functional groups attached to an aromatic ring is 1. The van der Waals surface area contributed by atoms with Crippen LogP contribution in [0, 0.1) is 12.3 Å². The first-order chi connectivity index (χ1) is 23.6. The number of primary amides is 1. The predicted octanol–water partition coefficient (Wildman–Crippen LogP) is 1.08. The number of aromatic nitrogens is 3. The van der Waals surface area contributed by atoms with Crippen molar-refractivity contribution in [2.24, 2.45) is 11.1 Å². The summed E-state index contributed by atoms with van der Waals surface area (Å²) >= 11 is 1.57. The topological polar surface area (TPSA) is 213 Å². The zero-order valence-corrected chi connectivity index (χ0v) is 29.9. The van der Waals surface area contributed by atoms with Gasteiger partial charge >= 0.3 is 0 Å². The number of aliphatic hydroxyl groups excluding tert-OH is 1. The molecule has 1 unspecified atom stereocenters. The summed E-state index contributed by atoms with van der Waals surface area (Å²) in [6.45, 7) is 11.5. The van der Waals surface area contributed by atoms with Crippen LogP contribution < -0.4 is 27.0 Å². The molecular weight excluding hydrogens is 661 g/mol.